The molecule has 0 unspecified atom stereocenters. The van der Waals surface area contributed by atoms with Crippen molar-refractivity contribution in [3.8, 4) is 0 Å². The minimum absolute atomic E-state index is 0.301. The van der Waals surface area contributed by atoms with E-state index in [9.17, 15) is 9.59 Å². The van der Waals surface area contributed by atoms with Gasteiger partial charge in [0.1, 0.15) is 0 Å². The van der Waals surface area contributed by atoms with Crippen LogP contribution < -0.4 is 0 Å². The van der Waals surface area contributed by atoms with Gasteiger partial charge in [0, 0.05) is 18.6 Å². The van der Waals surface area contributed by atoms with Crippen molar-refractivity contribution in [1.29, 1.82) is 0 Å². The number of aromatic carboxylic acids is 2. The van der Waals surface area contributed by atoms with E-state index in [2.05, 4.69) is 15.0 Å². The Balaban J connectivity index is 0.000000239. The number of carbonyl (C=O) groups is 2. The fourth-order valence-corrected chi connectivity index (χ4v) is 0.963. The number of hydrogen-bond donors (Lipinski definition) is 3. The van der Waals surface area contributed by atoms with E-state index in [1.807, 2.05) is 0 Å². The number of aromatic nitrogens is 3. The van der Waals surface area contributed by atoms with Crippen molar-refractivity contribution < 1.29 is 19.8 Å². The molecule has 2 aromatic heterocycles. The number of carboxylic acid groups (broad SMARTS) is 2. The van der Waals surface area contributed by atoms with Gasteiger partial charge in [0.2, 0.25) is 0 Å². The zero-order chi connectivity index (χ0) is 12.7. The smallest absolute Gasteiger partial charge is 0.355 e. The van der Waals surface area contributed by atoms with Crippen LogP contribution in [0.2, 0.25) is 0 Å². The van der Waals surface area contributed by atoms with Crippen molar-refractivity contribution >= 4 is 11.9 Å². The Hall–Kier alpha value is -2.70. The molecule has 0 aliphatic heterocycles. The topological polar surface area (TPSA) is 116 Å². The second-order valence-electron chi connectivity index (χ2n) is 2.77. The Morgan fingerprint density at radius 1 is 1.18 bits per heavy atom. The summed E-state index contributed by atoms with van der Waals surface area (Å²) in [6.45, 7) is 0. The molecular weight excluding hydrogens is 226 g/mol. The van der Waals surface area contributed by atoms with E-state index in [0.29, 0.717) is 0 Å². The summed E-state index contributed by atoms with van der Waals surface area (Å²) in [6, 6.07) is 2.56. The zero-order valence-electron chi connectivity index (χ0n) is 8.57. The molecule has 2 heterocycles. The Morgan fingerprint density at radius 3 is 2.29 bits per heavy atom. The first-order valence-corrected chi connectivity index (χ1v) is 4.47. The minimum atomic E-state index is -1.34. The number of carboxylic acids is 2. The molecule has 7 heteroatoms. The van der Waals surface area contributed by atoms with Gasteiger partial charge in [-0.25, -0.2) is 19.6 Å². The molecule has 7 nitrogen and oxygen atoms in total. The van der Waals surface area contributed by atoms with Crippen molar-refractivity contribution in [3.05, 3.63) is 48.3 Å². The van der Waals surface area contributed by atoms with E-state index in [0.717, 1.165) is 0 Å². The molecule has 0 bridgehead atoms. The van der Waals surface area contributed by atoms with Gasteiger partial charge in [0.05, 0.1) is 11.9 Å². The van der Waals surface area contributed by atoms with Crippen molar-refractivity contribution in [2.45, 2.75) is 0 Å². The number of nitrogens with zero attached hydrogens (tertiary/aromatic N) is 2. The molecule has 17 heavy (non-hydrogen) atoms. The summed E-state index contributed by atoms with van der Waals surface area (Å²) in [4.78, 5) is 30.7. The standard InChI is InChI=1S/C7H5NO4.C3H4N2/c9-6(10)4-2-1-3-8-5(4)7(11)12;1-2-5-3-4-1/h1-3H,(H,9,10)(H,11,12);1-3H,(H,4,5). The first-order chi connectivity index (χ1) is 8.13. The fraction of sp³-hybridized carbons (Fsp3) is 0. The van der Waals surface area contributed by atoms with Crippen LogP contribution in [0.4, 0.5) is 0 Å². The van der Waals surface area contributed by atoms with E-state index >= 15 is 0 Å². The van der Waals surface area contributed by atoms with E-state index in [-0.39, 0.29) is 5.56 Å². The van der Waals surface area contributed by atoms with Crippen LogP contribution in [0.5, 0.6) is 0 Å². The predicted octanol–water partition coefficient (Wildman–Crippen LogP) is 0.888. The van der Waals surface area contributed by atoms with Gasteiger partial charge >= 0.3 is 11.9 Å². The zero-order valence-corrected chi connectivity index (χ0v) is 8.57. The van der Waals surface area contributed by atoms with Crippen LogP contribution in [0, 0.1) is 0 Å². The molecule has 2 aromatic rings. The molecule has 0 saturated carbocycles. The molecular formula is C10H9N3O4. The largest absolute Gasteiger partial charge is 0.478 e. The Kier molecular flexibility index (Phi) is 4.37. The Labute approximate surface area is 95.8 Å². The number of imidazole rings is 1. The van der Waals surface area contributed by atoms with E-state index in [1.165, 1.54) is 18.3 Å². The molecule has 0 atom stereocenters. The second-order valence-corrected chi connectivity index (χ2v) is 2.77. The van der Waals surface area contributed by atoms with Crippen LogP contribution in [0.1, 0.15) is 20.8 Å². The quantitative estimate of drug-likeness (QED) is 0.711. The average molecular weight is 235 g/mol. The lowest BCUT2D eigenvalue weighted by Gasteiger charge is -1.97. The number of pyridine rings is 1. The molecule has 0 saturated heterocycles. The third kappa shape index (κ3) is 3.74. The second kappa shape index (κ2) is 6.01. The Bertz CT molecular complexity index is 446. The van der Waals surface area contributed by atoms with Crippen molar-refractivity contribution in [2.24, 2.45) is 0 Å². The first kappa shape index (κ1) is 12.4. The molecule has 0 amide bonds. The summed E-state index contributed by atoms with van der Waals surface area (Å²) in [6.07, 6.45) is 6.32. The van der Waals surface area contributed by atoms with E-state index in [4.69, 9.17) is 10.2 Å². The highest BCUT2D eigenvalue weighted by molar-refractivity contribution is 5.99. The average Bonchev–Trinajstić information content (AvgIpc) is 2.87. The van der Waals surface area contributed by atoms with Crippen LogP contribution in [0.3, 0.4) is 0 Å². The highest BCUT2D eigenvalue weighted by Gasteiger charge is 2.15. The Morgan fingerprint density at radius 2 is 1.94 bits per heavy atom. The van der Waals surface area contributed by atoms with Gasteiger partial charge in [-0.1, -0.05) is 0 Å². The molecule has 0 aromatic carbocycles. The van der Waals surface area contributed by atoms with Crippen molar-refractivity contribution in [3.63, 3.8) is 0 Å². The lowest BCUT2D eigenvalue weighted by atomic mass is 10.2. The molecule has 88 valence electrons. The fourth-order valence-electron chi connectivity index (χ4n) is 0.963. The van der Waals surface area contributed by atoms with Gasteiger partial charge in [-0.3, -0.25) is 0 Å². The lowest BCUT2D eigenvalue weighted by molar-refractivity contribution is 0.0646. The molecule has 3 N–H and O–H groups in total. The third-order valence-electron chi connectivity index (χ3n) is 1.65. The van der Waals surface area contributed by atoms with Gasteiger partial charge < -0.3 is 15.2 Å². The lowest BCUT2D eigenvalue weighted by Crippen LogP contribution is -2.09. The number of rotatable bonds is 2. The predicted molar refractivity (Wildman–Crippen MR) is 56.7 cm³/mol. The molecule has 0 spiro atoms. The highest BCUT2D eigenvalue weighted by Crippen LogP contribution is 2.04. The third-order valence-corrected chi connectivity index (χ3v) is 1.65. The summed E-state index contributed by atoms with van der Waals surface area (Å²) in [5.41, 5.74) is -0.741. The van der Waals surface area contributed by atoms with Crippen molar-refractivity contribution in [2.75, 3.05) is 0 Å². The van der Waals surface area contributed by atoms with Gasteiger partial charge in [0.15, 0.2) is 5.69 Å². The van der Waals surface area contributed by atoms with Crippen LogP contribution in [-0.4, -0.2) is 37.1 Å². The number of nitrogens with one attached hydrogen (secondary N) is 1. The van der Waals surface area contributed by atoms with Gasteiger partial charge in [-0.15, -0.1) is 0 Å². The van der Waals surface area contributed by atoms with E-state index in [1.54, 1.807) is 18.7 Å². The van der Waals surface area contributed by atoms with E-state index < -0.39 is 17.6 Å². The summed E-state index contributed by atoms with van der Waals surface area (Å²) in [7, 11) is 0. The summed E-state index contributed by atoms with van der Waals surface area (Å²) in [5, 5.41) is 17.0. The monoisotopic (exact) mass is 235 g/mol. The molecule has 0 aliphatic rings. The number of aromatic amines is 1. The molecule has 0 radical (unpaired) electrons. The molecule has 2 rings (SSSR count). The van der Waals surface area contributed by atoms with Crippen molar-refractivity contribution in [1.82, 2.24) is 15.0 Å². The SMILES string of the molecule is O=C(O)c1cccnc1C(=O)O.c1c[nH]cn1. The highest BCUT2D eigenvalue weighted by atomic mass is 16.4. The first-order valence-electron chi connectivity index (χ1n) is 4.47. The van der Waals surface area contributed by atoms with Crippen LogP contribution in [0.25, 0.3) is 0 Å². The summed E-state index contributed by atoms with van der Waals surface area (Å²) < 4.78 is 0. The van der Waals surface area contributed by atoms with Crippen LogP contribution in [0.15, 0.2) is 37.1 Å². The molecule has 0 fully saturated rings. The maximum atomic E-state index is 10.4. The maximum absolute atomic E-state index is 10.4. The van der Waals surface area contributed by atoms with Crippen LogP contribution >= 0.6 is 0 Å². The summed E-state index contributed by atoms with van der Waals surface area (Å²) in [5.74, 6) is -2.63. The number of H-pyrrole nitrogens is 1. The molecule has 0 aliphatic carbocycles. The minimum Gasteiger partial charge on any atom is -0.478 e. The van der Waals surface area contributed by atoms with Gasteiger partial charge in [-0.05, 0) is 12.1 Å². The maximum Gasteiger partial charge on any atom is 0.355 e. The van der Waals surface area contributed by atoms with Gasteiger partial charge in [-0.2, -0.15) is 0 Å². The summed E-state index contributed by atoms with van der Waals surface area (Å²) >= 11 is 0. The number of hydrogen-bond acceptors (Lipinski definition) is 4. The van der Waals surface area contributed by atoms with Gasteiger partial charge in [0.25, 0.3) is 0 Å². The normalized spacial score (nSPS) is 8.94. The van der Waals surface area contributed by atoms with Crippen LogP contribution in [-0.2, 0) is 0 Å².